The summed E-state index contributed by atoms with van der Waals surface area (Å²) in [5.41, 5.74) is 1.06. The van der Waals surface area contributed by atoms with Crippen LogP contribution in [0.3, 0.4) is 0 Å². The second kappa shape index (κ2) is 6.02. The minimum absolute atomic E-state index is 0.155. The minimum atomic E-state index is -3.51. The zero-order valence-corrected chi connectivity index (χ0v) is 13.3. The first-order chi connectivity index (χ1) is 8.66. The van der Waals surface area contributed by atoms with Crippen LogP contribution in [-0.2, 0) is 10.0 Å². The Bertz CT molecular complexity index is 492. The van der Waals surface area contributed by atoms with Gasteiger partial charge in [-0.3, -0.25) is 5.10 Å². The number of nitrogens with zero attached hydrogens (tertiary/aromatic N) is 2. The average molecular weight is 288 g/mol. The van der Waals surface area contributed by atoms with Crippen LogP contribution in [0.2, 0.25) is 0 Å². The molecule has 0 spiro atoms. The number of hydrogen-bond donors (Lipinski definition) is 2. The zero-order valence-electron chi connectivity index (χ0n) is 12.5. The summed E-state index contributed by atoms with van der Waals surface area (Å²) in [5, 5.41) is 6.62. The lowest BCUT2D eigenvalue weighted by Crippen LogP contribution is -2.43. The van der Waals surface area contributed by atoms with Gasteiger partial charge in [-0.05, 0) is 33.9 Å². The summed E-state index contributed by atoms with van der Waals surface area (Å²) < 4.78 is 27.3. The van der Waals surface area contributed by atoms with E-state index in [1.54, 1.807) is 13.8 Å². The largest absolute Gasteiger partial charge is 0.305 e. The van der Waals surface area contributed by atoms with Crippen LogP contribution in [-0.4, -0.2) is 50.2 Å². The Labute approximate surface area is 115 Å². The van der Waals surface area contributed by atoms with Crippen LogP contribution >= 0.6 is 0 Å². The van der Waals surface area contributed by atoms with E-state index in [2.05, 4.69) is 28.8 Å². The monoisotopic (exact) mass is 288 g/mol. The predicted molar refractivity (Wildman–Crippen MR) is 75.6 cm³/mol. The molecule has 1 unspecified atom stereocenters. The van der Waals surface area contributed by atoms with Crippen molar-refractivity contribution in [3.8, 4) is 0 Å². The van der Waals surface area contributed by atoms with Gasteiger partial charge in [0.2, 0.25) is 10.0 Å². The molecule has 0 saturated heterocycles. The fraction of sp³-hybridized carbons (Fsp3) is 0.750. The first-order valence-electron chi connectivity index (χ1n) is 6.34. The van der Waals surface area contributed by atoms with E-state index in [9.17, 15) is 8.42 Å². The van der Waals surface area contributed by atoms with Crippen molar-refractivity contribution < 1.29 is 8.42 Å². The Morgan fingerprint density at radius 2 is 1.89 bits per heavy atom. The Balaban J connectivity index is 2.87. The molecule has 19 heavy (non-hydrogen) atoms. The van der Waals surface area contributed by atoms with Gasteiger partial charge in [0.05, 0.1) is 11.4 Å². The van der Waals surface area contributed by atoms with Crippen molar-refractivity contribution in [1.82, 2.24) is 19.8 Å². The highest BCUT2D eigenvalue weighted by atomic mass is 32.2. The van der Waals surface area contributed by atoms with Crippen LogP contribution in [0.5, 0.6) is 0 Å². The maximum atomic E-state index is 12.3. The molecule has 0 saturated carbocycles. The number of H-pyrrole nitrogens is 1. The maximum Gasteiger partial charge on any atom is 0.244 e. The second-order valence-electron chi connectivity index (χ2n) is 5.39. The van der Waals surface area contributed by atoms with Crippen molar-refractivity contribution in [2.45, 2.75) is 38.6 Å². The van der Waals surface area contributed by atoms with Crippen molar-refractivity contribution in [3.63, 3.8) is 0 Å². The van der Waals surface area contributed by atoms with E-state index in [4.69, 9.17) is 0 Å². The lowest BCUT2D eigenvalue weighted by atomic mass is 10.0. The summed E-state index contributed by atoms with van der Waals surface area (Å²) >= 11 is 0. The Morgan fingerprint density at radius 3 is 2.26 bits per heavy atom. The standard InChI is InChI=1S/C12H24N4O2S/c1-8(2)11(16(5)6)7-13-19(17,18)12-9(3)14-15-10(12)4/h8,11,13H,7H2,1-6H3,(H,14,15). The molecule has 0 aliphatic carbocycles. The van der Waals surface area contributed by atoms with Crippen LogP contribution in [0.25, 0.3) is 0 Å². The van der Waals surface area contributed by atoms with Crippen LogP contribution < -0.4 is 4.72 Å². The summed E-state index contributed by atoms with van der Waals surface area (Å²) in [6.45, 7) is 7.93. The summed E-state index contributed by atoms with van der Waals surface area (Å²) in [6, 6.07) is 0.155. The van der Waals surface area contributed by atoms with E-state index < -0.39 is 10.0 Å². The van der Waals surface area contributed by atoms with Crippen LogP contribution in [0, 0.1) is 19.8 Å². The zero-order chi connectivity index (χ0) is 14.8. The molecule has 6 nitrogen and oxygen atoms in total. The first kappa shape index (κ1) is 16.1. The summed E-state index contributed by atoms with van der Waals surface area (Å²) in [6.07, 6.45) is 0. The van der Waals surface area contributed by atoms with Crippen molar-refractivity contribution in [2.24, 2.45) is 5.92 Å². The van der Waals surface area contributed by atoms with Gasteiger partial charge < -0.3 is 4.90 Å². The van der Waals surface area contributed by atoms with E-state index in [-0.39, 0.29) is 10.9 Å². The highest BCUT2D eigenvalue weighted by Crippen LogP contribution is 2.16. The average Bonchev–Trinajstić information content (AvgIpc) is 2.57. The molecule has 0 aliphatic heterocycles. The Kier molecular flexibility index (Phi) is 5.11. The molecule has 2 N–H and O–H groups in total. The van der Waals surface area contributed by atoms with E-state index in [0.717, 1.165) is 0 Å². The molecule has 0 aromatic carbocycles. The van der Waals surface area contributed by atoms with Gasteiger partial charge in [0, 0.05) is 12.6 Å². The van der Waals surface area contributed by atoms with Gasteiger partial charge in [0.15, 0.2) is 0 Å². The summed E-state index contributed by atoms with van der Waals surface area (Å²) in [4.78, 5) is 2.29. The molecule has 0 bridgehead atoms. The lowest BCUT2D eigenvalue weighted by Gasteiger charge is -2.28. The number of hydrogen-bond acceptors (Lipinski definition) is 4. The lowest BCUT2D eigenvalue weighted by molar-refractivity contribution is 0.233. The Hall–Kier alpha value is -0.920. The van der Waals surface area contributed by atoms with Crippen molar-refractivity contribution in [3.05, 3.63) is 11.4 Å². The third kappa shape index (κ3) is 3.77. The molecule has 1 aromatic heterocycles. The van der Waals surface area contributed by atoms with Crippen molar-refractivity contribution >= 4 is 10.0 Å². The number of likely N-dealkylation sites (N-methyl/N-ethyl adjacent to an activating group) is 1. The van der Waals surface area contributed by atoms with Crippen LogP contribution in [0.4, 0.5) is 0 Å². The topological polar surface area (TPSA) is 78.1 Å². The molecule has 0 aliphatic rings. The molecule has 0 radical (unpaired) electrons. The van der Waals surface area contributed by atoms with E-state index in [0.29, 0.717) is 23.9 Å². The predicted octanol–water partition coefficient (Wildman–Crippen LogP) is 0.891. The molecule has 0 fully saturated rings. The second-order valence-corrected chi connectivity index (χ2v) is 7.09. The fourth-order valence-corrected chi connectivity index (χ4v) is 3.64. The molecule has 1 atom stereocenters. The molecule has 1 aromatic rings. The molecule has 110 valence electrons. The molecule has 1 heterocycles. The highest BCUT2D eigenvalue weighted by Gasteiger charge is 2.24. The van der Waals surface area contributed by atoms with Crippen LogP contribution in [0.1, 0.15) is 25.2 Å². The molecular weight excluding hydrogens is 264 g/mol. The minimum Gasteiger partial charge on any atom is -0.305 e. The number of aromatic nitrogens is 2. The number of aromatic amines is 1. The van der Waals surface area contributed by atoms with Crippen molar-refractivity contribution in [2.75, 3.05) is 20.6 Å². The smallest absolute Gasteiger partial charge is 0.244 e. The molecule has 7 heteroatoms. The highest BCUT2D eigenvalue weighted by molar-refractivity contribution is 7.89. The number of sulfonamides is 1. The van der Waals surface area contributed by atoms with Gasteiger partial charge in [-0.25, -0.2) is 13.1 Å². The molecule has 1 rings (SSSR count). The quantitative estimate of drug-likeness (QED) is 0.815. The molecule has 0 amide bonds. The van der Waals surface area contributed by atoms with E-state index in [1.807, 2.05) is 19.0 Å². The van der Waals surface area contributed by atoms with Gasteiger partial charge in [-0.1, -0.05) is 13.8 Å². The third-order valence-electron chi connectivity index (χ3n) is 3.24. The number of rotatable bonds is 6. The normalized spacial score (nSPS) is 14.3. The van der Waals surface area contributed by atoms with E-state index in [1.165, 1.54) is 0 Å². The first-order valence-corrected chi connectivity index (χ1v) is 7.82. The van der Waals surface area contributed by atoms with Crippen molar-refractivity contribution in [1.29, 1.82) is 0 Å². The van der Waals surface area contributed by atoms with Gasteiger partial charge in [0.25, 0.3) is 0 Å². The van der Waals surface area contributed by atoms with Gasteiger partial charge >= 0.3 is 0 Å². The summed E-state index contributed by atoms with van der Waals surface area (Å²) in [5.74, 6) is 0.365. The van der Waals surface area contributed by atoms with Gasteiger partial charge in [-0.15, -0.1) is 0 Å². The third-order valence-corrected chi connectivity index (χ3v) is 4.93. The Morgan fingerprint density at radius 1 is 1.32 bits per heavy atom. The fourth-order valence-electron chi connectivity index (χ4n) is 2.22. The van der Waals surface area contributed by atoms with Crippen LogP contribution in [0.15, 0.2) is 4.90 Å². The number of aryl methyl sites for hydroxylation is 2. The van der Waals surface area contributed by atoms with Gasteiger partial charge in [0.1, 0.15) is 4.90 Å². The van der Waals surface area contributed by atoms with Gasteiger partial charge in [-0.2, -0.15) is 5.10 Å². The number of nitrogens with one attached hydrogen (secondary N) is 2. The summed E-state index contributed by atoms with van der Waals surface area (Å²) in [7, 11) is 0.393. The maximum absolute atomic E-state index is 12.3. The SMILES string of the molecule is Cc1n[nH]c(C)c1S(=O)(=O)NCC(C(C)C)N(C)C. The molecular formula is C12H24N4O2S. The van der Waals surface area contributed by atoms with E-state index >= 15 is 0 Å².